The highest BCUT2D eigenvalue weighted by atomic mass is 19.4. The fourth-order valence-electron chi connectivity index (χ4n) is 3.23. The highest BCUT2D eigenvalue weighted by molar-refractivity contribution is 5.85. The van der Waals surface area contributed by atoms with Crippen molar-refractivity contribution < 1.29 is 35.9 Å². The number of amides is 1. The minimum Gasteiger partial charge on any atom is -0.359 e. The van der Waals surface area contributed by atoms with Crippen molar-refractivity contribution in [1.82, 2.24) is 24.6 Å². The molecule has 1 N–H and O–H groups in total. The van der Waals surface area contributed by atoms with E-state index in [2.05, 4.69) is 31.7 Å². The summed E-state index contributed by atoms with van der Waals surface area (Å²) in [6.45, 7) is 4.63. The predicted octanol–water partition coefficient (Wildman–Crippen LogP) is 3.00. The van der Waals surface area contributed by atoms with Gasteiger partial charge in [0.05, 0.1) is 24.0 Å². The van der Waals surface area contributed by atoms with Gasteiger partial charge in [-0.15, -0.1) is 19.8 Å². The first kappa shape index (κ1) is 23.5. The van der Waals surface area contributed by atoms with Crippen molar-refractivity contribution in [3.63, 3.8) is 0 Å². The van der Waals surface area contributed by atoms with E-state index in [-0.39, 0.29) is 23.8 Å². The first-order chi connectivity index (χ1) is 14.8. The second kappa shape index (κ2) is 8.41. The second-order valence-corrected chi connectivity index (χ2v) is 7.01. The highest BCUT2D eigenvalue weighted by Crippen LogP contribution is 2.32. The maximum Gasteiger partial charge on any atom is 0.522 e. The van der Waals surface area contributed by atoms with E-state index in [1.165, 1.54) is 31.0 Å². The quantitative estimate of drug-likeness (QED) is 0.523. The van der Waals surface area contributed by atoms with Crippen LogP contribution in [-0.4, -0.2) is 61.7 Å². The van der Waals surface area contributed by atoms with Crippen LogP contribution >= 0.6 is 0 Å². The number of anilines is 1. The van der Waals surface area contributed by atoms with Crippen molar-refractivity contribution in [1.29, 1.82) is 0 Å². The van der Waals surface area contributed by atoms with Gasteiger partial charge in [0.1, 0.15) is 24.3 Å². The summed E-state index contributed by atoms with van der Waals surface area (Å²) >= 11 is 0. The Morgan fingerprint density at radius 2 is 1.97 bits per heavy atom. The third-order valence-corrected chi connectivity index (χ3v) is 4.76. The molecule has 1 aliphatic rings. The molecule has 1 aliphatic heterocycles. The number of alkyl halides is 6. The molecule has 1 saturated heterocycles. The van der Waals surface area contributed by atoms with E-state index in [0.717, 1.165) is 17.1 Å². The van der Waals surface area contributed by atoms with Crippen LogP contribution in [0.1, 0.15) is 12.6 Å². The molecule has 2 aromatic heterocycles. The Balaban J connectivity index is 1.70. The zero-order valence-corrected chi connectivity index (χ0v) is 16.8. The summed E-state index contributed by atoms with van der Waals surface area (Å²) in [5.74, 6) is -0.402. The zero-order chi connectivity index (χ0) is 23.8. The van der Waals surface area contributed by atoms with Crippen LogP contribution in [0.25, 0.3) is 11.4 Å². The first-order valence-corrected chi connectivity index (χ1v) is 9.18. The molecule has 0 bridgehead atoms. The zero-order valence-electron chi connectivity index (χ0n) is 16.8. The average molecular weight is 464 g/mol. The molecule has 174 valence electrons. The van der Waals surface area contributed by atoms with Gasteiger partial charge in [0.25, 0.3) is 0 Å². The van der Waals surface area contributed by atoms with Crippen molar-refractivity contribution in [2.24, 2.45) is 7.05 Å². The number of nitrogens with one attached hydrogen (secondary N) is 1. The summed E-state index contributed by atoms with van der Waals surface area (Å²) in [4.78, 5) is 21.7. The van der Waals surface area contributed by atoms with Gasteiger partial charge in [-0.1, -0.05) is 6.08 Å². The van der Waals surface area contributed by atoms with E-state index < -0.39 is 42.3 Å². The topological polar surface area (TPSA) is 85.2 Å². The van der Waals surface area contributed by atoms with Crippen molar-refractivity contribution in [3.05, 3.63) is 36.8 Å². The molecule has 3 rings (SSSR count). The number of carbonyl (C=O) groups is 1. The van der Waals surface area contributed by atoms with Gasteiger partial charge < -0.3 is 10.2 Å². The number of likely N-dealkylation sites (tertiary alicyclic amines) is 1. The molecule has 3 atom stereocenters. The summed E-state index contributed by atoms with van der Waals surface area (Å²) in [6.07, 6.45) is -8.42. The van der Waals surface area contributed by atoms with Crippen LogP contribution in [0.4, 0.5) is 32.2 Å². The molecule has 8 nitrogen and oxygen atoms in total. The number of nitrogens with zero attached hydrogens (tertiary/aromatic N) is 5. The van der Waals surface area contributed by atoms with Gasteiger partial charge in [-0.2, -0.15) is 18.3 Å². The largest absolute Gasteiger partial charge is 0.522 e. The van der Waals surface area contributed by atoms with Crippen LogP contribution in [0.15, 0.2) is 31.1 Å². The van der Waals surface area contributed by atoms with E-state index >= 15 is 0 Å². The average Bonchev–Trinajstić information content (AvgIpc) is 3.06. The van der Waals surface area contributed by atoms with Crippen molar-refractivity contribution in [2.45, 2.75) is 37.7 Å². The van der Waals surface area contributed by atoms with E-state index in [1.54, 1.807) is 0 Å². The second-order valence-electron chi connectivity index (χ2n) is 7.01. The molecule has 32 heavy (non-hydrogen) atoms. The summed E-state index contributed by atoms with van der Waals surface area (Å²) in [5, 5.41) is 6.19. The van der Waals surface area contributed by atoms with E-state index in [9.17, 15) is 31.1 Å². The maximum atomic E-state index is 12.9. The molecule has 1 fully saturated rings. The predicted molar refractivity (Wildman–Crippen MR) is 98.9 cm³/mol. The third-order valence-electron chi connectivity index (χ3n) is 4.76. The lowest BCUT2D eigenvalue weighted by atomic mass is 9.98. The normalized spacial score (nSPS) is 19.9. The van der Waals surface area contributed by atoms with Gasteiger partial charge in [-0.05, 0) is 13.0 Å². The Labute approximate surface area is 177 Å². The number of hydrogen-bond donors (Lipinski definition) is 1. The minimum atomic E-state index is -4.83. The van der Waals surface area contributed by atoms with Crippen LogP contribution in [0, 0.1) is 0 Å². The molecule has 0 spiro atoms. The lowest BCUT2D eigenvalue weighted by Gasteiger charge is -2.47. The fraction of sp³-hybridized carbons (Fsp3) is 0.444. The third kappa shape index (κ3) is 5.00. The summed E-state index contributed by atoms with van der Waals surface area (Å²) in [7, 11) is 1.32. The number of hydrogen-bond acceptors (Lipinski definition) is 6. The Kier molecular flexibility index (Phi) is 6.18. The molecule has 0 saturated carbocycles. The number of ether oxygens (including phenoxy) is 1. The lowest BCUT2D eigenvalue weighted by molar-refractivity contribution is -0.358. The number of carbonyl (C=O) groups excluding carboxylic acids is 1. The van der Waals surface area contributed by atoms with Gasteiger partial charge in [0.2, 0.25) is 5.91 Å². The Hall–Kier alpha value is -3.16. The first-order valence-electron chi connectivity index (χ1n) is 9.18. The van der Waals surface area contributed by atoms with Crippen LogP contribution in [0.2, 0.25) is 0 Å². The van der Waals surface area contributed by atoms with Crippen LogP contribution in [0.3, 0.4) is 0 Å². The lowest BCUT2D eigenvalue weighted by Crippen LogP contribution is -2.65. The van der Waals surface area contributed by atoms with Gasteiger partial charge in [-0.3, -0.25) is 14.2 Å². The summed E-state index contributed by atoms with van der Waals surface area (Å²) in [5.41, 5.74) is -0.891. The van der Waals surface area contributed by atoms with Gasteiger partial charge in [0.15, 0.2) is 5.69 Å². The molecule has 0 aromatic carbocycles. The SMILES string of the molecule is C=C[C@H]1[C@@H](OC(F)(F)F)CN1C(=O)[C@@H](C)Nc1cc(-c2cc(C(F)(F)F)nn2C)ncn1. The molecular formula is C18H18F6N6O2. The van der Waals surface area contributed by atoms with Crippen molar-refractivity contribution in [3.8, 4) is 11.4 Å². The molecular weight excluding hydrogens is 446 g/mol. The van der Waals surface area contributed by atoms with E-state index in [1.807, 2.05) is 0 Å². The van der Waals surface area contributed by atoms with Crippen LogP contribution in [-0.2, 0) is 22.8 Å². The number of aromatic nitrogens is 4. The smallest absolute Gasteiger partial charge is 0.359 e. The van der Waals surface area contributed by atoms with Crippen LogP contribution < -0.4 is 5.32 Å². The number of rotatable bonds is 6. The molecule has 14 heteroatoms. The molecule has 3 heterocycles. The molecule has 0 aliphatic carbocycles. The summed E-state index contributed by atoms with van der Waals surface area (Å²) in [6, 6.07) is 0.294. The standard InChI is InChI=1S/C18H18F6N6O2/c1-4-11-13(32-18(22,23)24)7-30(11)16(31)9(2)27-15-5-10(25-8-26-15)12-6-14(17(19,20)21)28-29(12)3/h4-6,8-9,11,13H,1,7H2,2-3H3,(H,25,26,27)/t9-,11+,13+/m1/s1. The van der Waals surface area contributed by atoms with Crippen LogP contribution in [0.5, 0.6) is 0 Å². The fourth-order valence-corrected chi connectivity index (χ4v) is 3.23. The maximum absolute atomic E-state index is 12.9. The highest BCUT2D eigenvalue weighted by Gasteiger charge is 2.47. The van der Waals surface area contributed by atoms with Gasteiger partial charge in [0, 0.05) is 13.1 Å². The summed E-state index contributed by atoms with van der Waals surface area (Å²) < 4.78 is 80.9. The molecule has 0 radical (unpaired) electrons. The van der Waals surface area contributed by atoms with Crippen molar-refractivity contribution >= 4 is 11.7 Å². The molecule has 0 unspecified atom stereocenters. The number of aryl methyl sites for hydroxylation is 1. The Morgan fingerprint density at radius 1 is 1.28 bits per heavy atom. The Morgan fingerprint density at radius 3 is 2.53 bits per heavy atom. The van der Waals surface area contributed by atoms with Crippen molar-refractivity contribution in [2.75, 3.05) is 11.9 Å². The number of halogens is 6. The molecule has 2 aromatic rings. The van der Waals surface area contributed by atoms with E-state index in [0.29, 0.717) is 0 Å². The Bertz CT molecular complexity index is 1000. The molecule has 1 amide bonds. The van der Waals surface area contributed by atoms with E-state index in [4.69, 9.17) is 0 Å². The monoisotopic (exact) mass is 464 g/mol. The van der Waals surface area contributed by atoms with Gasteiger partial charge in [-0.25, -0.2) is 9.97 Å². The minimum absolute atomic E-state index is 0.0726. The van der Waals surface area contributed by atoms with Gasteiger partial charge >= 0.3 is 12.5 Å².